The number of anilines is 1. The van der Waals surface area contributed by atoms with Gasteiger partial charge in [-0.1, -0.05) is 44.3 Å². The van der Waals surface area contributed by atoms with E-state index in [2.05, 4.69) is 15.5 Å². The SMILES string of the molecule is CSc1nn(C)c2sc(NC(=O)c3ccccc3)n[n+]12. The molecule has 0 spiro atoms. The summed E-state index contributed by atoms with van der Waals surface area (Å²) in [7, 11) is 1.86. The number of amides is 1. The Morgan fingerprint density at radius 1 is 1.40 bits per heavy atom. The number of nitrogens with one attached hydrogen (secondary N) is 1. The van der Waals surface area contributed by atoms with E-state index in [1.807, 2.05) is 31.5 Å². The lowest BCUT2D eigenvalue weighted by Gasteiger charge is -1.99. The molecular weight excluding hydrogens is 294 g/mol. The fourth-order valence-electron chi connectivity index (χ4n) is 1.76. The van der Waals surface area contributed by atoms with Crippen LogP contribution in [0.5, 0.6) is 0 Å². The van der Waals surface area contributed by atoms with Crippen molar-refractivity contribution < 1.29 is 9.31 Å². The highest BCUT2D eigenvalue weighted by Crippen LogP contribution is 2.18. The maximum atomic E-state index is 12.1. The Morgan fingerprint density at radius 3 is 2.85 bits per heavy atom. The van der Waals surface area contributed by atoms with Gasteiger partial charge in [0.25, 0.3) is 5.91 Å². The molecule has 0 unspecified atom stereocenters. The number of aryl methyl sites for hydroxylation is 1. The van der Waals surface area contributed by atoms with Gasteiger partial charge in [-0.2, -0.15) is 0 Å². The van der Waals surface area contributed by atoms with Crippen molar-refractivity contribution in [2.75, 3.05) is 11.6 Å². The van der Waals surface area contributed by atoms with E-state index in [0.29, 0.717) is 10.7 Å². The highest BCUT2D eigenvalue weighted by Gasteiger charge is 2.22. The minimum absolute atomic E-state index is 0.163. The topological polar surface area (TPSA) is 63.9 Å². The minimum Gasteiger partial charge on any atom is -0.295 e. The third-order valence-electron chi connectivity index (χ3n) is 2.69. The lowest BCUT2D eigenvalue weighted by Crippen LogP contribution is -2.24. The molecule has 0 saturated carbocycles. The molecule has 6 nitrogen and oxygen atoms in total. The van der Waals surface area contributed by atoms with Crippen LogP contribution in [0.4, 0.5) is 5.13 Å². The van der Waals surface area contributed by atoms with Crippen LogP contribution in [0.2, 0.25) is 0 Å². The van der Waals surface area contributed by atoms with Crippen LogP contribution in [0.3, 0.4) is 0 Å². The maximum absolute atomic E-state index is 12.1. The standard InChI is InChI=1S/C12H11N5OS2/c1-16-12-17(11(15-16)19-2)14-10(20-12)13-9(18)8-6-4-3-5-7-8/h3-7H,1-2H3/p+1. The Morgan fingerprint density at radius 2 is 2.15 bits per heavy atom. The first-order valence-corrected chi connectivity index (χ1v) is 7.89. The van der Waals surface area contributed by atoms with Gasteiger partial charge in [0, 0.05) is 5.56 Å². The second-order valence-electron chi connectivity index (χ2n) is 4.03. The quantitative estimate of drug-likeness (QED) is 0.589. The summed E-state index contributed by atoms with van der Waals surface area (Å²) in [6.07, 6.45) is 1.94. The molecular formula is C12H12N5OS2+. The molecule has 2 heterocycles. The molecule has 8 heteroatoms. The molecule has 0 aliphatic heterocycles. The minimum atomic E-state index is -0.163. The molecule has 20 heavy (non-hydrogen) atoms. The van der Waals surface area contributed by atoms with Crippen LogP contribution in [0.1, 0.15) is 10.4 Å². The van der Waals surface area contributed by atoms with Gasteiger partial charge in [-0.05, 0) is 29.7 Å². The molecule has 0 saturated heterocycles. The second-order valence-corrected chi connectivity index (χ2v) is 5.76. The molecule has 1 amide bonds. The molecule has 0 atom stereocenters. The van der Waals surface area contributed by atoms with Gasteiger partial charge in [-0.25, -0.2) is 0 Å². The highest BCUT2D eigenvalue weighted by molar-refractivity contribution is 7.98. The average molecular weight is 306 g/mol. The molecule has 3 aromatic rings. The molecule has 1 N–H and O–H groups in total. The van der Waals surface area contributed by atoms with Crippen molar-refractivity contribution in [1.82, 2.24) is 14.9 Å². The largest absolute Gasteiger partial charge is 0.361 e. The number of rotatable bonds is 3. The van der Waals surface area contributed by atoms with E-state index in [1.54, 1.807) is 21.3 Å². The zero-order chi connectivity index (χ0) is 14.1. The normalized spacial score (nSPS) is 10.9. The third-order valence-corrected chi connectivity index (χ3v) is 4.31. The first-order valence-electron chi connectivity index (χ1n) is 5.85. The van der Waals surface area contributed by atoms with Gasteiger partial charge < -0.3 is 0 Å². The van der Waals surface area contributed by atoms with E-state index in [0.717, 1.165) is 10.1 Å². The zero-order valence-corrected chi connectivity index (χ0v) is 12.5. The summed E-state index contributed by atoms with van der Waals surface area (Å²) in [5.41, 5.74) is 0.611. The molecule has 1 aromatic carbocycles. The number of hydrogen-bond acceptors (Lipinski definition) is 5. The van der Waals surface area contributed by atoms with Gasteiger partial charge in [0.1, 0.15) is 0 Å². The number of thioether (sulfide) groups is 1. The van der Waals surface area contributed by atoms with Crippen molar-refractivity contribution in [1.29, 1.82) is 0 Å². The van der Waals surface area contributed by atoms with Crippen molar-refractivity contribution in [3.05, 3.63) is 35.9 Å². The van der Waals surface area contributed by atoms with Crippen LogP contribution in [-0.2, 0) is 7.05 Å². The van der Waals surface area contributed by atoms with Crippen LogP contribution in [-0.4, -0.2) is 27.0 Å². The number of carbonyl (C=O) groups excluding carboxylic acids is 1. The maximum Gasteiger partial charge on any atom is 0.361 e. The summed E-state index contributed by atoms with van der Waals surface area (Å²) in [6, 6.07) is 9.08. The Kier molecular flexibility index (Phi) is 3.41. The summed E-state index contributed by atoms with van der Waals surface area (Å²) < 4.78 is 3.48. The summed E-state index contributed by atoms with van der Waals surface area (Å²) in [4.78, 5) is 12.9. The molecule has 0 radical (unpaired) electrons. The van der Waals surface area contributed by atoms with E-state index < -0.39 is 0 Å². The lowest BCUT2D eigenvalue weighted by atomic mass is 10.2. The highest BCUT2D eigenvalue weighted by atomic mass is 32.2. The Hall–Kier alpha value is -1.93. The second kappa shape index (κ2) is 5.22. The molecule has 0 aliphatic carbocycles. The average Bonchev–Trinajstić information content (AvgIpc) is 3.00. The van der Waals surface area contributed by atoms with E-state index >= 15 is 0 Å². The van der Waals surface area contributed by atoms with Gasteiger partial charge in [0.2, 0.25) is 5.13 Å². The van der Waals surface area contributed by atoms with Crippen molar-refractivity contribution in [2.45, 2.75) is 5.16 Å². The number of carbonyl (C=O) groups is 1. The predicted molar refractivity (Wildman–Crippen MR) is 78.2 cm³/mol. The Labute approximate surface area is 123 Å². The van der Waals surface area contributed by atoms with Gasteiger partial charge in [-0.15, -0.1) is 0 Å². The van der Waals surface area contributed by atoms with E-state index in [4.69, 9.17) is 0 Å². The van der Waals surface area contributed by atoms with Crippen LogP contribution in [0.25, 0.3) is 4.96 Å². The van der Waals surface area contributed by atoms with Gasteiger partial charge >= 0.3 is 10.1 Å². The first-order chi connectivity index (χ1) is 9.69. The fourth-order valence-corrected chi connectivity index (χ4v) is 3.15. The van der Waals surface area contributed by atoms with Crippen molar-refractivity contribution >= 4 is 39.1 Å². The number of nitrogens with zero attached hydrogens (tertiary/aromatic N) is 4. The molecule has 0 fully saturated rings. The fraction of sp³-hybridized carbons (Fsp3) is 0.167. The Bertz CT molecular complexity index is 765. The van der Waals surface area contributed by atoms with Crippen molar-refractivity contribution in [3.63, 3.8) is 0 Å². The van der Waals surface area contributed by atoms with Crippen molar-refractivity contribution in [2.24, 2.45) is 7.05 Å². The molecule has 102 valence electrons. The lowest BCUT2D eigenvalue weighted by molar-refractivity contribution is -0.615. The monoisotopic (exact) mass is 306 g/mol. The molecule has 0 bridgehead atoms. The third kappa shape index (κ3) is 2.27. The first kappa shape index (κ1) is 13.1. The van der Waals surface area contributed by atoms with E-state index in [-0.39, 0.29) is 5.91 Å². The number of hydrogen-bond donors (Lipinski definition) is 1. The predicted octanol–water partition coefficient (Wildman–Crippen LogP) is 1.59. The van der Waals surface area contributed by atoms with Crippen LogP contribution in [0.15, 0.2) is 35.5 Å². The molecule has 3 rings (SSSR count). The van der Waals surface area contributed by atoms with Crippen LogP contribution < -0.4 is 9.83 Å². The summed E-state index contributed by atoms with van der Waals surface area (Å²) in [5, 5.41) is 12.9. The van der Waals surface area contributed by atoms with Crippen LogP contribution >= 0.6 is 23.1 Å². The zero-order valence-electron chi connectivity index (χ0n) is 10.9. The van der Waals surface area contributed by atoms with Crippen LogP contribution in [0, 0.1) is 0 Å². The summed E-state index contributed by atoms with van der Waals surface area (Å²) in [6.45, 7) is 0. The smallest absolute Gasteiger partial charge is 0.295 e. The van der Waals surface area contributed by atoms with E-state index in [1.165, 1.54) is 23.1 Å². The Balaban J connectivity index is 1.90. The number of benzene rings is 1. The summed E-state index contributed by atoms with van der Waals surface area (Å²) in [5.74, 6) is -0.163. The summed E-state index contributed by atoms with van der Waals surface area (Å²) >= 11 is 2.90. The van der Waals surface area contributed by atoms with Crippen molar-refractivity contribution in [3.8, 4) is 0 Å². The molecule has 2 aromatic heterocycles. The number of fused-ring (bicyclic) bond motifs is 1. The molecule has 0 aliphatic rings. The van der Waals surface area contributed by atoms with Gasteiger partial charge in [0.05, 0.1) is 12.1 Å². The van der Waals surface area contributed by atoms with Gasteiger partial charge in [0.15, 0.2) is 0 Å². The van der Waals surface area contributed by atoms with E-state index in [9.17, 15) is 4.79 Å². The van der Waals surface area contributed by atoms with Gasteiger partial charge in [-0.3, -0.25) is 10.1 Å². The number of aromatic nitrogens is 4.